The first-order valence-electron chi connectivity index (χ1n) is 9.77. The number of benzene rings is 2. The van der Waals surface area contributed by atoms with E-state index in [2.05, 4.69) is 10.3 Å². The van der Waals surface area contributed by atoms with Crippen molar-refractivity contribution in [2.75, 3.05) is 20.2 Å². The van der Waals surface area contributed by atoms with E-state index >= 15 is 0 Å². The van der Waals surface area contributed by atoms with Crippen LogP contribution in [0.15, 0.2) is 59.6 Å². The summed E-state index contributed by atoms with van der Waals surface area (Å²) in [4.78, 5) is 41.7. The third-order valence-corrected chi connectivity index (χ3v) is 5.90. The van der Waals surface area contributed by atoms with Gasteiger partial charge in [0.05, 0.1) is 12.0 Å². The van der Waals surface area contributed by atoms with Gasteiger partial charge in [-0.25, -0.2) is 0 Å². The fraction of sp³-hybridized carbons (Fsp3) is 0.174. The molecule has 2 aromatic carbocycles. The number of aromatic nitrogens is 1. The molecule has 1 aromatic heterocycles. The molecule has 0 saturated carbocycles. The van der Waals surface area contributed by atoms with Crippen LogP contribution in [0.3, 0.4) is 0 Å². The molecule has 31 heavy (non-hydrogen) atoms. The van der Waals surface area contributed by atoms with Gasteiger partial charge in [0, 0.05) is 29.2 Å². The zero-order valence-corrected chi connectivity index (χ0v) is 17.7. The third-order valence-electron chi connectivity index (χ3n) is 4.99. The summed E-state index contributed by atoms with van der Waals surface area (Å²) in [6.07, 6.45) is 4.18. The van der Waals surface area contributed by atoms with Gasteiger partial charge >= 0.3 is 0 Å². The number of carbonyl (C=O) groups excluding carboxylic acids is 3. The van der Waals surface area contributed by atoms with E-state index in [4.69, 9.17) is 4.74 Å². The van der Waals surface area contributed by atoms with Crippen LogP contribution in [-0.4, -0.2) is 47.1 Å². The minimum absolute atomic E-state index is 0.265. The molecule has 158 valence electrons. The average molecular weight is 436 g/mol. The van der Waals surface area contributed by atoms with Crippen molar-refractivity contribution < 1.29 is 19.1 Å². The number of aromatic amines is 1. The Bertz CT molecular complexity index is 1180. The van der Waals surface area contributed by atoms with E-state index in [-0.39, 0.29) is 17.4 Å². The average Bonchev–Trinajstić information content (AvgIpc) is 3.30. The zero-order chi connectivity index (χ0) is 21.8. The van der Waals surface area contributed by atoms with Crippen LogP contribution in [0.25, 0.3) is 17.0 Å². The van der Waals surface area contributed by atoms with Crippen molar-refractivity contribution in [2.24, 2.45) is 0 Å². The number of carbonyl (C=O) groups is 3. The van der Waals surface area contributed by atoms with E-state index in [0.29, 0.717) is 24.3 Å². The monoisotopic (exact) mass is 435 g/mol. The number of ether oxygens (including phenoxy) is 1. The van der Waals surface area contributed by atoms with Crippen LogP contribution in [0, 0.1) is 0 Å². The third kappa shape index (κ3) is 4.49. The Kier molecular flexibility index (Phi) is 6.08. The van der Waals surface area contributed by atoms with Gasteiger partial charge in [0.15, 0.2) is 0 Å². The van der Waals surface area contributed by atoms with E-state index < -0.39 is 11.1 Å². The van der Waals surface area contributed by atoms with Gasteiger partial charge in [-0.3, -0.25) is 19.3 Å². The summed E-state index contributed by atoms with van der Waals surface area (Å²) in [5.41, 5.74) is 2.84. The smallest absolute Gasteiger partial charge is 0.294 e. The first-order valence-corrected chi connectivity index (χ1v) is 10.6. The number of H-pyrrole nitrogens is 1. The second-order valence-corrected chi connectivity index (χ2v) is 7.96. The van der Waals surface area contributed by atoms with Crippen LogP contribution in [0.1, 0.15) is 11.1 Å². The summed E-state index contributed by atoms with van der Waals surface area (Å²) in [6.45, 7) is 0.107. The molecule has 0 atom stereocenters. The zero-order valence-electron chi connectivity index (χ0n) is 16.9. The van der Waals surface area contributed by atoms with Gasteiger partial charge in [-0.1, -0.05) is 36.4 Å². The first kappa shape index (κ1) is 20.7. The fourth-order valence-corrected chi connectivity index (χ4v) is 4.27. The summed E-state index contributed by atoms with van der Waals surface area (Å²) in [5.74, 6) is -0.252. The Balaban J connectivity index is 1.35. The molecule has 1 aliphatic rings. The largest absolute Gasteiger partial charge is 0.496 e. The highest BCUT2D eigenvalue weighted by molar-refractivity contribution is 8.18. The SMILES string of the molecule is COc1ccccc1/C=C1/SC(=O)N(CC(=O)NCCc2c[nH]c3ccccc23)C1=O. The Morgan fingerprint density at radius 1 is 1.16 bits per heavy atom. The molecule has 7 nitrogen and oxygen atoms in total. The highest BCUT2D eigenvalue weighted by Crippen LogP contribution is 2.33. The molecule has 0 unspecified atom stereocenters. The van der Waals surface area contributed by atoms with Gasteiger partial charge in [-0.15, -0.1) is 0 Å². The number of para-hydroxylation sites is 2. The number of fused-ring (bicyclic) bond motifs is 1. The molecule has 8 heteroatoms. The molecule has 3 aromatic rings. The Hall–Kier alpha value is -3.52. The molecule has 1 saturated heterocycles. The molecular weight excluding hydrogens is 414 g/mol. The number of imide groups is 1. The quantitative estimate of drug-likeness (QED) is 0.554. The van der Waals surface area contributed by atoms with Crippen molar-refractivity contribution in [3.05, 3.63) is 70.8 Å². The Labute approximate surface area is 183 Å². The van der Waals surface area contributed by atoms with Crippen LogP contribution in [0.2, 0.25) is 0 Å². The number of nitrogens with one attached hydrogen (secondary N) is 2. The van der Waals surface area contributed by atoms with Gasteiger partial charge in [0.25, 0.3) is 11.1 Å². The molecule has 1 aliphatic heterocycles. The second-order valence-electron chi connectivity index (χ2n) is 6.97. The second kappa shape index (κ2) is 9.09. The molecule has 2 N–H and O–H groups in total. The van der Waals surface area contributed by atoms with E-state index in [9.17, 15) is 14.4 Å². The van der Waals surface area contributed by atoms with Crippen molar-refractivity contribution in [3.63, 3.8) is 0 Å². The summed E-state index contributed by atoms with van der Waals surface area (Å²) in [7, 11) is 1.54. The molecule has 0 aliphatic carbocycles. The van der Waals surface area contributed by atoms with E-state index in [1.165, 1.54) is 0 Å². The summed E-state index contributed by atoms with van der Waals surface area (Å²) in [5, 5.41) is 3.44. The van der Waals surface area contributed by atoms with Crippen molar-refractivity contribution in [1.29, 1.82) is 0 Å². The lowest BCUT2D eigenvalue weighted by Gasteiger charge is -2.12. The topological polar surface area (TPSA) is 91.5 Å². The number of nitrogens with zero attached hydrogens (tertiary/aromatic N) is 1. The molecule has 2 heterocycles. The highest BCUT2D eigenvalue weighted by atomic mass is 32.2. The van der Waals surface area contributed by atoms with Crippen molar-refractivity contribution in [3.8, 4) is 5.75 Å². The van der Waals surface area contributed by atoms with Crippen LogP contribution >= 0.6 is 11.8 Å². The van der Waals surface area contributed by atoms with Gasteiger partial charge in [0.1, 0.15) is 12.3 Å². The predicted octanol–water partition coefficient (Wildman–Crippen LogP) is 3.57. The minimum Gasteiger partial charge on any atom is -0.496 e. The van der Waals surface area contributed by atoms with Gasteiger partial charge in [-0.2, -0.15) is 0 Å². The first-order chi connectivity index (χ1) is 15.1. The summed E-state index contributed by atoms with van der Waals surface area (Å²) >= 11 is 0.820. The fourth-order valence-electron chi connectivity index (χ4n) is 3.44. The lowest BCUT2D eigenvalue weighted by atomic mass is 10.1. The van der Waals surface area contributed by atoms with Gasteiger partial charge < -0.3 is 15.0 Å². The molecule has 4 rings (SSSR count). The number of hydrogen-bond donors (Lipinski definition) is 2. The minimum atomic E-state index is -0.479. The van der Waals surface area contributed by atoms with Crippen LogP contribution < -0.4 is 10.1 Å². The maximum Gasteiger partial charge on any atom is 0.294 e. The number of amides is 3. The molecule has 0 spiro atoms. The van der Waals surface area contributed by atoms with Crippen LogP contribution in [0.5, 0.6) is 5.75 Å². The van der Waals surface area contributed by atoms with Gasteiger partial charge in [0.2, 0.25) is 5.91 Å². The Morgan fingerprint density at radius 3 is 2.77 bits per heavy atom. The van der Waals surface area contributed by atoms with E-state index in [0.717, 1.165) is 33.1 Å². The number of thioether (sulfide) groups is 1. The molecule has 0 radical (unpaired) electrons. The molecule has 3 amide bonds. The highest BCUT2D eigenvalue weighted by Gasteiger charge is 2.36. The lowest BCUT2D eigenvalue weighted by Crippen LogP contribution is -2.40. The molecule has 1 fully saturated rings. The maximum absolute atomic E-state index is 12.7. The van der Waals surface area contributed by atoms with Gasteiger partial charge in [-0.05, 0) is 42.0 Å². The van der Waals surface area contributed by atoms with Crippen molar-refractivity contribution in [2.45, 2.75) is 6.42 Å². The Morgan fingerprint density at radius 2 is 1.94 bits per heavy atom. The molecule has 0 bridgehead atoms. The standard InChI is InChI=1S/C23H21N3O4S/c1-30-19-9-5-2-6-15(19)12-20-22(28)26(23(29)31-20)14-21(27)24-11-10-16-13-25-18-8-4-3-7-17(16)18/h2-9,12-13,25H,10-11,14H2,1H3,(H,24,27)/b20-12+. The number of hydrogen-bond acceptors (Lipinski definition) is 5. The van der Waals surface area contributed by atoms with E-state index in [1.807, 2.05) is 42.6 Å². The van der Waals surface area contributed by atoms with Crippen molar-refractivity contribution >= 4 is 45.8 Å². The number of methoxy groups -OCH3 is 1. The van der Waals surface area contributed by atoms with E-state index in [1.54, 1.807) is 25.3 Å². The number of rotatable bonds is 7. The normalized spacial score (nSPS) is 15.1. The molecular formula is C23H21N3O4S. The summed E-state index contributed by atoms with van der Waals surface area (Å²) in [6, 6.07) is 15.2. The summed E-state index contributed by atoms with van der Waals surface area (Å²) < 4.78 is 5.28. The lowest BCUT2D eigenvalue weighted by molar-refractivity contribution is -0.129. The maximum atomic E-state index is 12.7. The predicted molar refractivity (Wildman–Crippen MR) is 121 cm³/mol. The van der Waals surface area contributed by atoms with Crippen LogP contribution in [0.4, 0.5) is 4.79 Å². The van der Waals surface area contributed by atoms with Crippen molar-refractivity contribution in [1.82, 2.24) is 15.2 Å². The van der Waals surface area contributed by atoms with Crippen LogP contribution in [-0.2, 0) is 16.0 Å².